The van der Waals surface area contributed by atoms with Crippen LogP contribution in [0, 0.1) is 11.3 Å². The summed E-state index contributed by atoms with van der Waals surface area (Å²) in [5, 5.41) is 25.1. The van der Waals surface area contributed by atoms with Crippen LogP contribution in [0.3, 0.4) is 0 Å². The number of nitrogens with two attached hydrogens (primary N) is 1. The number of nitrogens with zero attached hydrogens (tertiary/aromatic N) is 4. The first-order valence-corrected chi connectivity index (χ1v) is 11.6. The number of aromatic nitrogens is 3. The molecule has 2 aliphatic heterocycles. The number of aliphatic hydroxyl groups excluding tert-OH is 1. The topological polar surface area (TPSA) is 190 Å². The highest BCUT2D eigenvalue weighted by atomic mass is 31.2. The summed E-state index contributed by atoms with van der Waals surface area (Å²) in [7, 11) is -4.29. The number of carbonyl (C=O) groups excluding carboxylic acids is 1. The van der Waals surface area contributed by atoms with Crippen LogP contribution >= 0.6 is 7.82 Å². The minimum Gasteiger partial charge on any atom is -0.406 e. The summed E-state index contributed by atoms with van der Waals surface area (Å²) in [5.74, 6) is 0.397. The molecule has 2 aliphatic rings. The Morgan fingerprint density at radius 2 is 2.14 bits per heavy atom. The highest BCUT2D eigenvalue weighted by molar-refractivity contribution is 7.48. The third-order valence-electron chi connectivity index (χ3n) is 5.44. The van der Waals surface area contributed by atoms with Crippen LogP contribution in [0.15, 0.2) is 48.8 Å². The summed E-state index contributed by atoms with van der Waals surface area (Å²) >= 11 is 0. The molecule has 2 fully saturated rings. The van der Waals surface area contributed by atoms with E-state index in [0.29, 0.717) is 5.52 Å². The number of aliphatic hydroxyl groups is 1. The Morgan fingerprint density at radius 1 is 1.34 bits per heavy atom. The molecular formula is C20H18N5O9P. The van der Waals surface area contributed by atoms with Crippen LogP contribution in [0.5, 0.6) is 5.75 Å². The van der Waals surface area contributed by atoms with Crippen molar-refractivity contribution in [2.75, 3.05) is 19.1 Å². The Bertz CT molecular complexity index is 1350. The number of phosphoric ester groups is 1. The minimum absolute atomic E-state index is 0.160. The van der Waals surface area contributed by atoms with Gasteiger partial charge in [0, 0.05) is 0 Å². The molecule has 3 aromatic rings. The van der Waals surface area contributed by atoms with Crippen molar-refractivity contribution in [3.05, 3.63) is 54.5 Å². The molecule has 182 valence electrons. The average Bonchev–Trinajstić information content (AvgIpc) is 3.40. The van der Waals surface area contributed by atoms with Crippen molar-refractivity contribution >= 4 is 25.3 Å². The molecule has 0 spiro atoms. The van der Waals surface area contributed by atoms with Gasteiger partial charge in [0.2, 0.25) is 12.4 Å². The number of nitriles is 1. The van der Waals surface area contributed by atoms with Gasteiger partial charge in [-0.05, 0) is 24.3 Å². The van der Waals surface area contributed by atoms with Crippen LogP contribution in [0.4, 0.5) is 10.6 Å². The third kappa shape index (κ3) is 4.10. The first-order valence-electron chi connectivity index (χ1n) is 10.2. The van der Waals surface area contributed by atoms with Crippen molar-refractivity contribution in [1.82, 2.24) is 14.6 Å². The fraction of sp³-hybridized carbons (Fsp3) is 0.300. The molecule has 0 bridgehead atoms. The summed E-state index contributed by atoms with van der Waals surface area (Å²) in [4.78, 5) is 15.7. The number of ether oxygens (including phenoxy) is 3. The van der Waals surface area contributed by atoms with Crippen molar-refractivity contribution in [1.29, 1.82) is 5.26 Å². The van der Waals surface area contributed by atoms with Gasteiger partial charge in [0.15, 0.2) is 5.82 Å². The maximum atomic E-state index is 12.9. The third-order valence-corrected chi connectivity index (χ3v) is 6.83. The molecule has 1 aromatic carbocycles. The predicted molar refractivity (Wildman–Crippen MR) is 114 cm³/mol. The lowest BCUT2D eigenvalue weighted by Gasteiger charge is -2.30. The van der Waals surface area contributed by atoms with E-state index in [1.165, 1.54) is 29.0 Å². The molecule has 5 rings (SSSR count). The molecule has 5 atom stereocenters. The van der Waals surface area contributed by atoms with Crippen molar-refractivity contribution in [2.45, 2.75) is 23.9 Å². The van der Waals surface area contributed by atoms with Crippen LogP contribution in [-0.2, 0) is 33.2 Å². The monoisotopic (exact) mass is 503 g/mol. The number of hydrogen-bond acceptors (Lipinski definition) is 13. The summed E-state index contributed by atoms with van der Waals surface area (Å²) in [6.07, 6.45) is -3.77. The number of hydrogen-bond donors (Lipinski definition) is 2. The maximum absolute atomic E-state index is 12.9. The van der Waals surface area contributed by atoms with Crippen molar-refractivity contribution in [3.8, 4) is 11.8 Å². The van der Waals surface area contributed by atoms with Crippen molar-refractivity contribution < 1.29 is 42.2 Å². The predicted octanol–water partition coefficient (Wildman–Crippen LogP) is 1.50. The molecule has 0 aliphatic carbocycles. The minimum atomic E-state index is -4.29. The van der Waals surface area contributed by atoms with E-state index < -0.39 is 44.7 Å². The lowest BCUT2D eigenvalue weighted by atomic mass is 9.92. The number of para-hydroxylation sites is 1. The molecule has 15 heteroatoms. The highest BCUT2D eigenvalue weighted by Gasteiger charge is 2.62. The number of anilines is 1. The molecule has 0 unspecified atom stereocenters. The summed E-state index contributed by atoms with van der Waals surface area (Å²) in [5.41, 5.74) is 4.46. The molecule has 2 aromatic heterocycles. The molecule has 14 nitrogen and oxygen atoms in total. The molecule has 4 heterocycles. The summed E-state index contributed by atoms with van der Waals surface area (Å²) < 4.78 is 45.3. The Kier molecular flexibility index (Phi) is 5.89. The second kappa shape index (κ2) is 8.90. The maximum Gasteiger partial charge on any atom is 0.515 e. The number of benzene rings is 1. The summed E-state index contributed by atoms with van der Waals surface area (Å²) in [6, 6.07) is 13.2. The van der Waals surface area contributed by atoms with Crippen LogP contribution in [-0.4, -0.2) is 57.6 Å². The first-order chi connectivity index (χ1) is 16.8. The molecule has 35 heavy (non-hydrogen) atoms. The Labute approximate surface area is 197 Å². The van der Waals surface area contributed by atoms with E-state index in [0.717, 1.165) is 0 Å². The lowest BCUT2D eigenvalue weighted by Crippen LogP contribution is -2.43. The Balaban J connectivity index is 1.27. The number of nitrogen functional groups attached to an aromatic ring is 1. The molecule has 2 saturated heterocycles. The van der Waals surface area contributed by atoms with Gasteiger partial charge in [-0.3, -0.25) is 9.05 Å². The number of fused-ring (bicyclic) bond motifs is 2. The largest absolute Gasteiger partial charge is 0.515 e. The number of phosphoric acid groups is 1. The van der Waals surface area contributed by atoms with Crippen LogP contribution in [0.25, 0.3) is 5.52 Å². The number of rotatable bonds is 5. The van der Waals surface area contributed by atoms with E-state index in [-0.39, 0.29) is 23.9 Å². The zero-order valence-corrected chi connectivity index (χ0v) is 18.7. The molecule has 0 saturated carbocycles. The van der Waals surface area contributed by atoms with Crippen LogP contribution in [0.1, 0.15) is 5.69 Å². The molecule has 0 amide bonds. The van der Waals surface area contributed by atoms with E-state index in [1.807, 2.05) is 6.07 Å². The van der Waals surface area contributed by atoms with Gasteiger partial charge in [-0.15, -0.1) is 0 Å². The van der Waals surface area contributed by atoms with E-state index >= 15 is 0 Å². The second-order valence-electron chi connectivity index (χ2n) is 7.48. The zero-order valence-electron chi connectivity index (χ0n) is 17.8. The van der Waals surface area contributed by atoms with Crippen LogP contribution < -0.4 is 10.5 Å². The van der Waals surface area contributed by atoms with Gasteiger partial charge in [-0.1, -0.05) is 18.2 Å². The van der Waals surface area contributed by atoms with Gasteiger partial charge in [0.05, 0.1) is 12.3 Å². The standard InChI is InChI=1S/C20H18N5O9P/c21-9-20(15-7-6-13-18(22)23-10-24-25(13)15)17(26)16-14(33-20)8-30-35(28,34-16)31-11-29-19(27)32-12-4-2-1-3-5-12/h1-7,10,14,16-17,26H,8,11H2,(H2,22,23,24)/t14-,16-,17-,20+,35+/m1/s1. The van der Waals surface area contributed by atoms with Gasteiger partial charge in [-0.25, -0.2) is 23.4 Å². The quantitative estimate of drug-likeness (QED) is 0.221. The highest BCUT2D eigenvalue weighted by Crippen LogP contribution is 2.58. The lowest BCUT2D eigenvalue weighted by molar-refractivity contribution is -0.0851. The normalized spacial score (nSPS) is 29.9. The van der Waals surface area contributed by atoms with E-state index in [4.69, 9.17) is 33.5 Å². The molecule has 3 N–H and O–H groups in total. The Morgan fingerprint density at radius 3 is 2.91 bits per heavy atom. The van der Waals surface area contributed by atoms with Crippen molar-refractivity contribution in [3.63, 3.8) is 0 Å². The van der Waals surface area contributed by atoms with Crippen LogP contribution in [0.2, 0.25) is 0 Å². The molecular weight excluding hydrogens is 485 g/mol. The van der Waals surface area contributed by atoms with Crippen molar-refractivity contribution in [2.24, 2.45) is 0 Å². The van der Waals surface area contributed by atoms with Gasteiger partial charge >= 0.3 is 14.0 Å². The zero-order chi connectivity index (χ0) is 24.6. The van der Waals surface area contributed by atoms with Gasteiger partial charge in [0.1, 0.15) is 42.0 Å². The number of carbonyl (C=O) groups is 1. The van der Waals surface area contributed by atoms with E-state index in [1.54, 1.807) is 24.3 Å². The van der Waals surface area contributed by atoms with Gasteiger partial charge < -0.3 is 25.1 Å². The van der Waals surface area contributed by atoms with E-state index in [9.17, 15) is 19.7 Å². The Hall–Kier alpha value is -3.57. The fourth-order valence-corrected chi connectivity index (χ4v) is 5.08. The first kappa shape index (κ1) is 23.2. The van der Waals surface area contributed by atoms with E-state index in [2.05, 4.69) is 10.1 Å². The molecule has 0 radical (unpaired) electrons. The fourth-order valence-electron chi connectivity index (χ4n) is 3.83. The average molecular weight is 503 g/mol. The smallest absolute Gasteiger partial charge is 0.406 e. The second-order valence-corrected chi connectivity index (χ2v) is 9.10. The van der Waals surface area contributed by atoms with Gasteiger partial charge in [-0.2, -0.15) is 10.4 Å². The SMILES string of the molecule is N#C[C@@]1(c2ccc3c(N)ncnn23)O[C@@H]2CO[P@@](=O)(OCOC(=O)Oc3ccccc3)O[C@H]2[C@H]1O. The summed E-state index contributed by atoms with van der Waals surface area (Å²) in [6.45, 7) is -1.16. The van der Waals surface area contributed by atoms with Gasteiger partial charge in [0.25, 0.3) is 0 Å².